The number of imidazole rings is 1. The number of halogens is 1. The van der Waals surface area contributed by atoms with Gasteiger partial charge in [0.1, 0.15) is 29.6 Å². The van der Waals surface area contributed by atoms with Crippen LogP contribution in [0.4, 0.5) is 10.2 Å². The number of aromatic nitrogens is 4. The lowest BCUT2D eigenvalue weighted by molar-refractivity contribution is -0.182. The van der Waals surface area contributed by atoms with Crippen LogP contribution < -0.4 is 4.90 Å². The van der Waals surface area contributed by atoms with Gasteiger partial charge in [-0.1, -0.05) is 0 Å². The van der Waals surface area contributed by atoms with Crippen LogP contribution in [0, 0.1) is 30.0 Å². The second-order valence-corrected chi connectivity index (χ2v) is 8.53. The number of amides is 1. The standard InChI is InChI=1S/C24H24FN7O2/c1-16-27-5-8-31(16)23-13-22(28-15-29-23)30-6-2-18(3-7-30)24(33)32-21(4-9-34-32)19-10-17(14-26)11-20(25)12-19/h5,8,10-13,15,18,21H,2-4,6-7,9H2,1H3/t21-/m0/s1. The Bertz CT molecular complexity index is 1250. The van der Waals surface area contributed by atoms with Crippen LogP contribution in [0.25, 0.3) is 5.82 Å². The highest BCUT2D eigenvalue weighted by Gasteiger charge is 2.37. The topological polar surface area (TPSA) is 100 Å². The summed E-state index contributed by atoms with van der Waals surface area (Å²) in [6.07, 6.45) is 7.00. The second-order valence-electron chi connectivity index (χ2n) is 8.53. The summed E-state index contributed by atoms with van der Waals surface area (Å²) in [5, 5.41) is 10.6. The first kappa shape index (κ1) is 22.0. The van der Waals surface area contributed by atoms with E-state index in [-0.39, 0.29) is 17.4 Å². The number of aryl methyl sites for hydroxylation is 1. The number of nitriles is 1. The highest BCUT2D eigenvalue weighted by Crippen LogP contribution is 2.34. The zero-order valence-electron chi connectivity index (χ0n) is 18.8. The van der Waals surface area contributed by atoms with Crippen molar-refractivity contribution in [3.8, 4) is 11.9 Å². The average Bonchev–Trinajstić information content (AvgIpc) is 3.52. The van der Waals surface area contributed by atoms with Crippen molar-refractivity contribution in [1.82, 2.24) is 24.6 Å². The van der Waals surface area contributed by atoms with Crippen molar-refractivity contribution in [3.05, 3.63) is 65.8 Å². The molecule has 0 unspecified atom stereocenters. The number of anilines is 1. The van der Waals surface area contributed by atoms with E-state index in [4.69, 9.17) is 10.1 Å². The molecule has 0 spiro atoms. The first-order valence-electron chi connectivity index (χ1n) is 11.3. The van der Waals surface area contributed by atoms with Gasteiger partial charge in [-0.15, -0.1) is 0 Å². The molecule has 0 aliphatic carbocycles. The molecule has 0 radical (unpaired) electrons. The van der Waals surface area contributed by atoms with Crippen LogP contribution in [0.5, 0.6) is 0 Å². The molecule has 5 rings (SSSR count). The summed E-state index contributed by atoms with van der Waals surface area (Å²) in [6, 6.07) is 7.69. The summed E-state index contributed by atoms with van der Waals surface area (Å²) >= 11 is 0. The number of carbonyl (C=O) groups is 1. The molecule has 10 heteroatoms. The third kappa shape index (κ3) is 4.22. The Balaban J connectivity index is 1.26. The van der Waals surface area contributed by atoms with Gasteiger partial charge in [0.05, 0.1) is 24.3 Å². The van der Waals surface area contributed by atoms with Crippen molar-refractivity contribution in [3.63, 3.8) is 0 Å². The van der Waals surface area contributed by atoms with E-state index in [1.165, 1.54) is 17.2 Å². The van der Waals surface area contributed by atoms with Gasteiger partial charge in [0.15, 0.2) is 0 Å². The fourth-order valence-electron chi connectivity index (χ4n) is 4.66. The van der Waals surface area contributed by atoms with E-state index < -0.39 is 11.9 Å². The molecule has 34 heavy (non-hydrogen) atoms. The molecule has 2 aliphatic heterocycles. The van der Waals surface area contributed by atoms with Crippen molar-refractivity contribution >= 4 is 11.7 Å². The molecular formula is C24H24FN7O2. The minimum Gasteiger partial charge on any atom is -0.356 e. The van der Waals surface area contributed by atoms with Gasteiger partial charge in [-0.05, 0) is 43.5 Å². The van der Waals surface area contributed by atoms with E-state index in [1.54, 1.807) is 18.6 Å². The lowest BCUT2D eigenvalue weighted by Gasteiger charge is -2.34. The molecule has 0 saturated carbocycles. The lowest BCUT2D eigenvalue weighted by atomic mass is 9.94. The molecular weight excluding hydrogens is 437 g/mol. The van der Waals surface area contributed by atoms with Gasteiger partial charge in [-0.25, -0.2) is 24.4 Å². The predicted molar refractivity (Wildman–Crippen MR) is 120 cm³/mol. The van der Waals surface area contributed by atoms with Gasteiger partial charge in [-0.2, -0.15) is 5.26 Å². The van der Waals surface area contributed by atoms with E-state index in [9.17, 15) is 9.18 Å². The molecule has 1 amide bonds. The fourth-order valence-corrected chi connectivity index (χ4v) is 4.66. The zero-order chi connectivity index (χ0) is 23.7. The van der Waals surface area contributed by atoms with Crippen LogP contribution in [0.2, 0.25) is 0 Å². The molecule has 174 valence electrons. The molecule has 9 nitrogen and oxygen atoms in total. The molecule has 4 heterocycles. The Morgan fingerprint density at radius 1 is 1.12 bits per heavy atom. The molecule has 0 N–H and O–H groups in total. The van der Waals surface area contributed by atoms with Crippen molar-refractivity contribution in [2.75, 3.05) is 24.6 Å². The van der Waals surface area contributed by atoms with Gasteiger partial charge in [0.25, 0.3) is 0 Å². The van der Waals surface area contributed by atoms with Crippen molar-refractivity contribution < 1.29 is 14.0 Å². The SMILES string of the molecule is Cc1nccn1-c1cc(N2CCC(C(=O)N3OCC[C@H]3c3cc(F)cc(C#N)c3)CC2)ncn1. The maximum absolute atomic E-state index is 14.0. The maximum Gasteiger partial charge on any atom is 0.249 e. The highest BCUT2D eigenvalue weighted by molar-refractivity contribution is 5.79. The molecule has 2 saturated heterocycles. The van der Waals surface area contributed by atoms with Crippen LogP contribution >= 0.6 is 0 Å². The zero-order valence-corrected chi connectivity index (χ0v) is 18.8. The van der Waals surface area contributed by atoms with E-state index >= 15 is 0 Å². The van der Waals surface area contributed by atoms with Gasteiger partial charge >= 0.3 is 0 Å². The number of benzene rings is 1. The lowest BCUT2D eigenvalue weighted by Crippen LogP contribution is -2.42. The Morgan fingerprint density at radius 3 is 2.65 bits per heavy atom. The molecule has 2 aliphatic rings. The second kappa shape index (κ2) is 9.19. The quantitative estimate of drug-likeness (QED) is 0.589. The molecule has 0 bridgehead atoms. The van der Waals surface area contributed by atoms with Gasteiger partial charge < -0.3 is 4.90 Å². The van der Waals surface area contributed by atoms with E-state index in [1.807, 2.05) is 29.8 Å². The van der Waals surface area contributed by atoms with Crippen LogP contribution in [0.15, 0.2) is 43.0 Å². The summed E-state index contributed by atoms with van der Waals surface area (Å²) in [6.45, 7) is 3.64. The van der Waals surface area contributed by atoms with Crippen LogP contribution in [-0.4, -0.2) is 50.2 Å². The first-order chi connectivity index (χ1) is 16.5. The molecule has 2 fully saturated rings. The number of piperidine rings is 1. The average molecular weight is 462 g/mol. The fraction of sp³-hybridized carbons (Fsp3) is 0.375. The normalized spacial score (nSPS) is 18.8. The molecule has 1 atom stereocenters. The molecule has 2 aromatic heterocycles. The van der Waals surface area contributed by atoms with Crippen LogP contribution in [-0.2, 0) is 9.63 Å². The highest BCUT2D eigenvalue weighted by atomic mass is 19.1. The van der Waals surface area contributed by atoms with Gasteiger partial charge in [-0.3, -0.25) is 14.2 Å². The third-order valence-electron chi connectivity index (χ3n) is 6.43. The Kier molecular flexibility index (Phi) is 5.94. The van der Waals surface area contributed by atoms with Crippen molar-refractivity contribution in [1.29, 1.82) is 5.26 Å². The summed E-state index contributed by atoms with van der Waals surface area (Å²) in [4.78, 5) is 34.1. The van der Waals surface area contributed by atoms with E-state index in [0.717, 1.165) is 17.5 Å². The Hall–Kier alpha value is -3.84. The van der Waals surface area contributed by atoms with Gasteiger partial charge in [0, 0.05) is 43.9 Å². The number of hydrogen-bond donors (Lipinski definition) is 0. The smallest absolute Gasteiger partial charge is 0.249 e. The number of carbonyl (C=O) groups excluding carboxylic acids is 1. The molecule has 3 aromatic rings. The summed E-state index contributed by atoms with van der Waals surface area (Å²) in [5.74, 6) is 1.62. The minimum absolute atomic E-state index is 0.0951. The monoisotopic (exact) mass is 461 g/mol. The predicted octanol–water partition coefficient (Wildman–Crippen LogP) is 3.10. The number of nitrogens with zero attached hydrogens (tertiary/aromatic N) is 7. The maximum atomic E-state index is 14.0. The first-order valence-corrected chi connectivity index (χ1v) is 11.3. The minimum atomic E-state index is -0.489. The summed E-state index contributed by atoms with van der Waals surface area (Å²) in [7, 11) is 0. The number of hydroxylamine groups is 2. The number of hydrogen-bond acceptors (Lipinski definition) is 7. The summed E-state index contributed by atoms with van der Waals surface area (Å²) in [5.41, 5.74) is 0.820. The largest absolute Gasteiger partial charge is 0.356 e. The third-order valence-corrected chi connectivity index (χ3v) is 6.43. The van der Waals surface area contributed by atoms with Gasteiger partial charge in [0.2, 0.25) is 5.91 Å². The summed E-state index contributed by atoms with van der Waals surface area (Å²) < 4.78 is 15.9. The molecule has 1 aromatic carbocycles. The van der Waals surface area contributed by atoms with Crippen molar-refractivity contribution in [2.24, 2.45) is 5.92 Å². The Labute approximate surface area is 196 Å². The van der Waals surface area contributed by atoms with Crippen LogP contribution in [0.1, 0.15) is 42.3 Å². The van der Waals surface area contributed by atoms with Crippen molar-refractivity contribution in [2.45, 2.75) is 32.2 Å². The number of rotatable bonds is 4. The Morgan fingerprint density at radius 2 is 1.91 bits per heavy atom. The van der Waals surface area contributed by atoms with E-state index in [2.05, 4.69) is 19.9 Å². The van der Waals surface area contributed by atoms with E-state index in [0.29, 0.717) is 44.5 Å². The van der Waals surface area contributed by atoms with Crippen LogP contribution in [0.3, 0.4) is 0 Å².